The summed E-state index contributed by atoms with van der Waals surface area (Å²) in [5.74, 6) is -2.59. The SMILES string of the molecule is CCCOCCN1CC(C(=O)NCCCc2ccc(Cl)c(Cl)c2)C(=O)C1=O. The maximum absolute atomic E-state index is 12.3. The first-order valence-corrected chi connectivity index (χ1v) is 9.82. The third kappa shape index (κ3) is 6.19. The van der Waals surface area contributed by atoms with Gasteiger partial charge in [0.2, 0.25) is 11.7 Å². The van der Waals surface area contributed by atoms with E-state index in [2.05, 4.69) is 5.32 Å². The smallest absolute Gasteiger partial charge is 0.290 e. The minimum absolute atomic E-state index is 0.117. The highest BCUT2D eigenvalue weighted by Gasteiger charge is 2.42. The fourth-order valence-electron chi connectivity index (χ4n) is 2.83. The molecule has 8 heteroatoms. The molecule has 0 bridgehead atoms. The van der Waals surface area contributed by atoms with Crippen molar-refractivity contribution >= 4 is 40.8 Å². The minimum Gasteiger partial charge on any atom is -0.380 e. The molecule has 1 N–H and O–H groups in total. The van der Waals surface area contributed by atoms with Gasteiger partial charge in [0, 0.05) is 26.2 Å². The van der Waals surface area contributed by atoms with Crippen LogP contribution < -0.4 is 5.32 Å². The van der Waals surface area contributed by atoms with Crippen LogP contribution in [0.1, 0.15) is 25.3 Å². The summed E-state index contributed by atoms with van der Waals surface area (Å²) < 4.78 is 5.34. The molecule has 0 saturated carbocycles. The Labute approximate surface area is 169 Å². The molecule has 0 aliphatic carbocycles. The van der Waals surface area contributed by atoms with E-state index >= 15 is 0 Å². The molecule has 1 saturated heterocycles. The Bertz CT molecular complexity index is 696. The quantitative estimate of drug-likeness (QED) is 0.362. The molecule has 148 valence electrons. The monoisotopic (exact) mass is 414 g/mol. The average molecular weight is 415 g/mol. The summed E-state index contributed by atoms with van der Waals surface area (Å²) in [7, 11) is 0. The third-order valence-corrected chi connectivity index (χ3v) is 5.05. The number of Topliss-reactive ketones (excluding diaryl/α,β-unsaturated/α-hetero) is 1. The van der Waals surface area contributed by atoms with Crippen LogP contribution in [0.15, 0.2) is 18.2 Å². The van der Waals surface area contributed by atoms with Crippen molar-refractivity contribution in [2.45, 2.75) is 26.2 Å². The number of hydrogen-bond acceptors (Lipinski definition) is 4. The van der Waals surface area contributed by atoms with Gasteiger partial charge in [-0.25, -0.2) is 0 Å². The molecule has 1 fully saturated rings. The fourth-order valence-corrected chi connectivity index (χ4v) is 3.15. The summed E-state index contributed by atoms with van der Waals surface area (Å²) in [6.07, 6.45) is 2.29. The molecule has 2 rings (SSSR count). The number of hydrogen-bond donors (Lipinski definition) is 1. The van der Waals surface area contributed by atoms with Crippen molar-refractivity contribution in [2.75, 3.05) is 32.8 Å². The molecule has 0 spiro atoms. The van der Waals surface area contributed by atoms with E-state index in [0.29, 0.717) is 42.8 Å². The van der Waals surface area contributed by atoms with Crippen LogP contribution in [0.3, 0.4) is 0 Å². The van der Waals surface area contributed by atoms with Crippen LogP contribution in [0.25, 0.3) is 0 Å². The van der Waals surface area contributed by atoms with Gasteiger partial charge in [0.25, 0.3) is 5.91 Å². The Morgan fingerprint density at radius 3 is 2.74 bits per heavy atom. The lowest BCUT2D eigenvalue weighted by Crippen LogP contribution is -2.36. The summed E-state index contributed by atoms with van der Waals surface area (Å²) >= 11 is 11.9. The number of ketones is 1. The minimum atomic E-state index is -0.936. The highest BCUT2D eigenvalue weighted by atomic mass is 35.5. The van der Waals surface area contributed by atoms with E-state index < -0.39 is 23.5 Å². The molecular formula is C19H24Cl2N2O4. The van der Waals surface area contributed by atoms with Crippen LogP contribution in [-0.2, 0) is 25.5 Å². The predicted octanol–water partition coefficient (Wildman–Crippen LogP) is 2.50. The van der Waals surface area contributed by atoms with Gasteiger partial charge in [0.05, 0.1) is 16.7 Å². The zero-order valence-electron chi connectivity index (χ0n) is 15.3. The summed E-state index contributed by atoms with van der Waals surface area (Å²) in [6.45, 7) is 3.82. The first kappa shape index (κ1) is 21.7. The summed E-state index contributed by atoms with van der Waals surface area (Å²) in [4.78, 5) is 37.7. The van der Waals surface area contributed by atoms with Crippen LogP contribution in [0.4, 0.5) is 0 Å². The molecule has 1 atom stereocenters. The van der Waals surface area contributed by atoms with Gasteiger partial charge in [-0.15, -0.1) is 0 Å². The average Bonchev–Trinajstić information content (AvgIpc) is 2.93. The number of nitrogens with one attached hydrogen (secondary N) is 1. The number of likely N-dealkylation sites (tertiary alicyclic amines) is 1. The second-order valence-corrected chi connectivity index (χ2v) is 7.24. The van der Waals surface area contributed by atoms with Crippen molar-refractivity contribution in [1.82, 2.24) is 10.2 Å². The number of halogens is 2. The highest BCUT2D eigenvalue weighted by Crippen LogP contribution is 2.23. The van der Waals surface area contributed by atoms with Crippen molar-refractivity contribution in [3.05, 3.63) is 33.8 Å². The van der Waals surface area contributed by atoms with Gasteiger partial charge in [-0.05, 0) is 37.0 Å². The topological polar surface area (TPSA) is 75.7 Å². The number of carbonyl (C=O) groups is 3. The normalized spacial score (nSPS) is 16.9. The number of carbonyl (C=O) groups excluding carboxylic acids is 3. The Kier molecular flexibility index (Phi) is 8.54. The van der Waals surface area contributed by atoms with Crippen LogP contribution in [-0.4, -0.2) is 55.3 Å². The van der Waals surface area contributed by atoms with Crippen molar-refractivity contribution < 1.29 is 19.1 Å². The van der Waals surface area contributed by atoms with Crippen molar-refractivity contribution in [3.8, 4) is 0 Å². The fraction of sp³-hybridized carbons (Fsp3) is 0.526. The lowest BCUT2D eigenvalue weighted by atomic mass is 10.1. The first-order chi connectivity index (χ1) is 12.9. The second-order valence-electron chi connectivity index (χ2n) is 6.42. The molecule has 27 heavy (non-hydrogen) atoms. The van der Waals surface area contributed by atoms with E-state index in [1.54, 1.807) is 12.1 Å². The summed E-state index contributed by atoms with van der Waals surface area (Å²) in [5, 5.41) is 3.74. The Balaban J connectivity index is 1.74. The van der Waals surface area contributed by atoms with E-state index in [-0.39, 0.29) is 6.54 Å². The molecule has 1 heterocycles. The van der Waals surface area contributed by atoms with Gasteiger partial charge in [0.1, 0.15) is 5.92 Å². The molecule has 1 unspecified atom stereocenters. The van der Waals surface area contributed by atoms with E-state index in [4.69, 9.17) is 27.9 Å². The van der Waals surface area contributed by atoms with Crippen molar-refractivity contribution in [2.24, 2.45) is 5.92 Å². The lowest BCUT2D eigenvalue weighted by Gasteiger charge is -2.15. The van der Waals surface area contributed by atoms with Crippen LogP contribution in [0.2, 0.25) is 10.0 Å². The van der Waals surface area contributed by atoms with Gasteiger partial charge in [-0.2, -0.15) is 0 Å². The zero-order valence-corrected chi connectivity index (χ0v) is 16.8. The largest absolute Gasteiger partial charge is 0.380 e. The van der Waals surface area contributed by atoms with Crippen LogP contribution in [0, 0.1) is 5.92 Å². The number of aryl methyl sites for hydroxylation is 1. The van der Waals surface area contributed by atoms with E-state index in [1.165, 1.54) is 4.90 Å². The summed E-state index contributed by atoms with van der Waals surface area (Å²) in [6, 6.07) is 5.41. The molecule has 1 aromatic rings. The molecular weight excluding hydrogens is 391 g/mol. The number of amides is 2. The van der Waals surface area contributed by atoms with Crippen molar-refractivity contribution in [1.29, 1.82) is 0 Å². The molecule has 1 aliphatic heterocycles. The van der Waals surface area contributed by atoms with Gasteiger partial charge >= 0.3 is 0 Å². The van der Waals surface area contributed by atoms with E-state index in [9.17, 15) is 14.4 Å². The number of ether oxygens (including phenoxy) is 1. The zero-order chi connectivity index (χ0) is 19.8. The first-order valence-electron chi connectivity index (χ1n) is 9.06. The predicted molar refractivity (Wildman–Crippen MR) is 104 cm³/mol. The summed E-state index contributed by atoms with van der Waals surface area (Å²) in [5.41, 5.74) is 1.02. The van der Waals surface area contributed by atoms with Gasteiger partial charge in [-0.3, -0.25) is 14.4 Å². The molecule has 0 aromatic heterocycles. The second kappa shape index (κ2) is 10.6. The van der Waals surface area contributed by atoms with Crippen LogP contribution >= 0.6 is 23.2 Å². The van der Waals surface area contributed by atoms with E-state index in [0.717, 1.165) is 18.4 Å². The Morgan fingerprint density at radius 2 is 2.04 bits per heavy atom. The number of benzene rings is 1. The number of nitrogens with zero attached hydrogens (tertiary/aromatic N) is 1. The van der Waals surface area contributed by atoms with Gasteiger partial charge in [-0.1, -0.05) is 36.2 Å². The van der Waals surface area contributed by atoms with Crippen molar-refractivity contribution in [3.63, 3.8) is 0 Å². The molecule has 0 radical (unpaired) electrons. The lowest BCUT2D eigenvalue weighted by molar-refractivity contribution is -0.142. The van der Waals surface area contributed by atoms with E-state index in [1.807, 2.05) is 13.0 Å². The molecule has 1 aromatic carbocycles. The third-order valence-electron chi connectivity index (χ3n) is 4.31. The van der Waals surface area contributed by atoms with Gasteiger partial charge in [0.15, 0.2) is 0 Å². The Morgan fingerprint density at radius 1 is 1.26 bits per heavy atom. The number of rotatable bonds is 10. The molecule has 2 amide bonds. The maximum Gasteiger partial charge on any atom is 0.290 e. The maximum atomic E-state index is 12.3. The molecule has 1 aliphatic rings. The van der Waals surface area contributed by atoms with Gasteiger partial charge < -0.3 is 15.0 Å². The molecule has 6 nitrogen and oxygen atoms in total. The highest BCUT2D eigenvalue weighted by molar-refractivity contribution is 6.42. The standard InChI is InChI=1S/C19H24Cl2N2O4/c1-2-9-27-10-8-23-12-14(17(24)19(23)26)18(25)22-7-3-4-13-5-6-15(20)16(21)11-13/h5-6,11,14H,2-4,7-10,12H2,1H3,(H,22,25). The van der Waals surface area contributed by atoms with Crippen LogP contribution in [0.5, 0.6) is 0 Å². The Hall–Kier alpha value is -1.63.